The van der Waals surface area contributed by atoms with Crippen molar-refractivity contribution in [1.29, 1.82) is 0 Å². The summed E-state index contributed by atoms with van der Waals surface area (Å²) in [4.78, 5) is 12.0. The summed E-state index contributed by atoms with van der Waals surface area (Å²) >= 11 is 0. The summed E-state index contributed by atoms with van der Waals surface area (Å²) in [6, 6.07) is 9.13. The molecule has 3 aromatic rings. The summed E-state index contributed by atoms with van der Waals surface area (Å²) in [5, 5.41) is 11.6. The Morgan fingerprint density at radius 3 is 2.64 bits per heavy atom. The molecule has 2 aromatic heterocycles. The molecule has 2 fully saturated rings. The van der Waals surface area contributed by atoms with E-state index in [-0.39, 0.29) is 12.1 Å². The van der Waals surface area contributed by atoms with E-state index in [4.69, 9.17) is 14.7 Å². The molecule has 33 heavy (non-hydrogen) atoms. The molecule has 2 unspecified atom stereocenters. The largest absolute Gasteiger partial charge is 0.459 e. The fraction of sp³-hybridized carbons (Fsp3) is 0.560. The number of nitrogens with zero attached hydrogens (tertiary/aromatic N) is 5. The molecule has 2 aliphatic heterocycles. The number of hydrogen-bond donors (Lipinski definition) is 2. The highest BCUT2D eigenvalue weighted by Crippen LogP contribution is 2.31. The lowest BCUT2D eigenvalue weighted by molar-refractivity contribution is 0.153. The average Bonchev–Trinajstić information content (AvgIpc) is 3.50. The van der Waals surface area contributed by atoms with E-state index in [1.165, 1.54) is 24.1 Å². The van der Waals surface area contributed by atoms with E-state index < -0.39 is 0 Å². The molecule has 0 aliphatic carbocycles. The first-order valence-corrected chi connectivity index (χ1v) is 12.3. The SMILES string of the molecule is CC(C)c1cnn2c(NC(C)c3ccccc3N3CCCC3)nc(OC3CCCNC3)nc12. The van der Waals surface area contributed by atoms with Gasteiger partial charge < -0.3 is 20.3 Å². The van der Waals surface area contributed by atoms with Crippen molar-refractivity contribution in [2.45, 2.75) is 64.5 Å². The van der Waals surface area contributed by atoms with Crippen LogP contribution in [0.1, 0.15) is 69.5 Å². The Labute approximate surface area is 195 Å². The van der Waals surface area contributed by atoms with Crippen LogP contribution in [0.4, 0.5) is 11.6 Å². The van der Waals surface area contributed by atoms with Crippen molar-refractivity contribution in [3.05, 3.63) is 41.6 Å². The Balaban J connectivity index is 1.48. The maximum absolute atomic E-state index is 6.23. The van der Waals surface area contributed by atoms with Gasteiger partial charge in [0.25, 0.3) is 0 Å². The second kappa shape index (κ2) is 9.55. The van der Waals surface area contributed by atoms with Crippen molar-refractivity contribution in [2.24, 2.45) is 0 Å². The van der Waals surface area contributed by atoms with Crippen LogP contribution in [0.15, 0.2) is 30.5 Å². The Kier molecular flexibility index (Phi) is 6.35. The van der Waals surface area contributed by atoms with Gasteiger partial charge in [0.1, 0.15) is 6.10 Å². The molecule has 0 spiro atoms. The first kappa shape index (κ1) is 21.9. The molecule has 0 amide bonds. The Morgan fingerprint density at radius 2 is 1.88 bits per heavy atom. The van der Waals surface area contributed by atoms with Gasteiger partial charge in [0.2, 0.25) is 5.95 Å². The van der Waals surface area contributed by atoms with Crippen LogP contribution in [-0.4, -0.2) is 51.9 Å². The van der Waals surface area contributed by atoms with Gasteiger partial charge >= 0.3 is 6.01 Å². The highest BCUT2D eigenvalue weighted by atomic mass is 16.5. The molecular weight excluding hydrogens is 414 g/mol. The van der Waals surface area contributed by atoms with Crippen LogP contribution in [0.25, 0.3) is 5.65 Å². The summed E-state index contributed by atoms with van der Waals surface area (Å²) in [6.07, 6.45) is 6.61. The minimum Gasteiger partial charge on any atom is -0.459 e. The number of benzene rings is 1. The van der Waals surface area contributed by atoms with Gasteiger partial charge in [-0.15, -0.1) is 0 Å². The van der Waals surface area contributed by atoms with Crippen molar-refractivity contribution >= 4 is 17.3 Å². The summed E-state index contributed by atoms with van der Waals surface area (Å²) in [7, 11) is 0. The van der Waals surface area contributed by atoms with E-state index in [1.807, 2.05) is 10.7 Å². The number of piperidine rings is 1. The molecule has 2 N–H and O–H groups in total. The van der Waals surface area contributed by atoms with Crippen molar-refractivity contribution in [3.8, 4) is 6.01 Å². The zero-order chi connectivity index (χ0) is 22.8. The summed E-state index contributed by atoms with van der Waals surface area (Å²) in [5.41, 5.74) is 4.47. The smallest absolute Gasteiger partial charge is 0.322 e. The molecule has 8 heteroatoms. The Morgan fingerprint density at radius 1 is 1.06 bits per heavy atom. The molecule has 1 aromatic carbocycles. The second-order valence-corrected chi connectivity index (χ2v) is 9.53. The van der Waals surface area contributed by atoms with Gasteiger partial charge in [0.15, 0.2) is 5.65 Å². The first-order valence-electron chi connectivity index (χ1n) is 12.3. The van der Waals surface area contributed by atoms with Gasteiger partial charge in [0, 0.05) is 30.9 Å². The van der Waals surface area contributed by atoms with Gasteiger partial charge in [-0.3, -0.25) is 0 Å². The van der Waals surface area contributed by atoms with Crippen molar-refractivity contribution in [3.63, 3.8) is 0 Å². The third-order valence-electron chi connectivity index (χ3n) is 6.72. The van der Waals surface area contributed by atoms with Crippen LogP contribution in [0.3, 0.4) is 0 Å². The van der Waals surface area contributed by atoms with E-state index in [0.29, 0.717) is 17.9 Å². The highest BCUT2D eigenvalue weighted by molar-refractivity contribution is 5.58. The second-order valence-electron chi connectivity index (χ2n) is 9.53. The van der Waals surface area contributed by atoms with Gasteiger partial charge in [-0.05, 0) is 56.7 Å². The predicted octanol–water partition coefficient (Wildman–Crippen LogP) is 4.15. The average molecular weight is 450 g/mol. The molecular formula is C25H35N7O. The standard InChI is InChI=1S/C25H35N7O/c1-17(2)21-16-27-32-23(21)29-25(33-19-9-8-12-26-15-19)30-24(32)28-18(3)20-10-4-5-11-22(20)31-13-6-7-14-31/h4-5,10-11,16-19,26H,6-9,12-15H2,1-3H3,(H,28,29,30). The van der Waals surface area contributed by atoms with Gasteiger partial charge in [-0.1, -0.05) is 32.0 Å². The number of fused-ring (bicyclic) bond motifs is 1. The summed E-state index contributed by atoms with van der Waals surface area (Å²) in [5.74, 6) is 0.970. The monoisotopic (exact) mass is 449 g/mol. The lowest BCUT2D eigenvalue weighted by Crippen LogP contribution is -2.37. The maximum Gasteiger partial charge on any atom is 0.322 e. The lowest BCUT2D eigenvalue weighted by atomic mass is 10.1. The van der Waals surface area contributed by atoms with Crippen LogP contribution in [0.5, 0.6) is 6.01 Å². The minimum absolute atomic E-state index is 0.0517. The molecule has 0 bridgehead atoms. The first-order chi connectivity index (χ1) is 16.1. The van der Waals surface area contributed by atoms with Gasteiger partial charge in [-0.25, -0.2) is 0 Å². The zero-order valence-corrected chi connectivity index (χ0v) is 19.9. The quantitative estimate of drug-likeness (QED) is 0.561. The molecule has 4 heterocycles. The topological polar surface area (TPSA) is 79.6 Å². The van der Waals surface area contributed by atoms with E-state index in [1.54, 1.807) is 0 Å². The lowest BCUT2D eigenvalue weighted by Gasteiger charge is -2.26. The van der Waals surface area contributed by atoms with Crippen molar-refractivity contribution in [1.82, 2.24) is 24.9 Å². The predicted molar refractivity (Wildman–Crippen MR) is 131 cm³/mol. The summed E-state index contributed by atoms with van der Waals surface area (Å²) in [6.45, 7) is 10.6. The maximum atomic E-state index is 6.23. The van der Waals surface area contributed by atoms with E-state index in [2.05, 4.69) is 65.7 Å². The Bertz CT molecular complexity index is 1080. The van der Waals surface area contributed by atoms with Crippen LogP contribution in [-0.2, 0) is 0 Å². The number of ether oxygens (including phenoxy) is 1. The molecule has 0 radical (unpaired) electrons. The van der Waals surface area contributed by atoms with Crippen LogP contribution in [0.2, 0.25) is 0 Å². The number of nitrogens with one attached hydrogen (secondary N) is 2. The molecule has 5 rings (SSSR count). The fourth-order valence-electron chi connectivity index (χ4n) is 4.87. The number of anilines is 2. The zero-order valence-electron chi connectivity index (χ0n) is 19.9. The third kappa shape index (κ3) is 4.62. The van der Waals surface area contributed by atoms with E-state index >= 15 is 0 Å². The van der Waals surface area contributed by atoms with E-state index in [0.717, 1.165) is 50.2 Å². The number of aromatic nitrogens is 4. The number of para-hydroxylation sites is 1. The molecule has 2 saturated heterocycles. The highest BCUT2D eigenvalue weighted by Gasteiger charge is 2.23. The molecule has 176 valence electrons. The van der Waals surface area contributed by atoms with Gasteiger partial charge in [-0.2, -0.15) is 19.6 Å². The molecule has 8 nitrogen and oxygen atoms in total. The Hall–Kier alpha value is -2.87. The third-order valence-corrected chi connectivity index (χ3v) is 6.72. The van der Waals surface area contributed by atoms with Crippen molar-refractivity contribution < 1.29 is 4.74 Å². The minimum atomic E-state index is 0.0517. The summed E-state index contributed by atoms with van der Waals surface area (Å²) < 4.78 is 8.04. The van der Waals surface area contributed by atoms with Gasteiger partial charge in [0.05, 0.1) is 12.2 Å². The molecule has 2 atom stereocenters. The number of hydrogen-bond acceptors (Lipinski definition) is 7. The fourth-order valence-corrected chi connectivity index (χ4v) is 4.87. The van der Waals surface area contributed by atoms with Crippen LogP contribution >= 0.6 is 0 Å². The molecule has 0 saturated carbocycles. The number of rotatable bonds is 7. The van der Waals surface area contributed by atoms with Crippen LogP contribution in [0, 0.1) is 0 Å². The molecule has 2 aliphatic rings. The van der Waals surface area contributed by atoms with Crippen molar-refractivity contribution in [2.75, 3.05) is 36.4 Å². The van der Waals surface area contributed by atoms with Crippen LogP contribution < -0.4 is 20.3 Å². The normalized spacial score (nSPS) is 19.9. The van der Waals surface area contributed by atoms with E-state index in [9.17, 15) is 0 Å².